The van der Waals surface area contributed by atoms with Crippen molar-refractivity contribution in [1.29, 1.82) is 0 Å². The summed E-state index contributed by atoms with van der Waals surface area (Å²) in [5, 5.41) is 20.0. The Morgan fingerprint density at radius 2 is 1.74 bits per heavy atom. The van der Waals surface area contributed by atoms with Gasteiger partial charge in [0, 0.05) is 22.4 Å². The van der Waals surface area contributed by atoms with E-state index in [9.17, 15) is 29.4 Å². The normalized spacial score (nSPS) is 14.6. The lowest BCUT2D eigenvalue weighted by Crippen LogP contribution is -2.51. The van der Waals surface area contributed by atoms with Crippen molar-refractivity contribution in [3.05, 3.63) is 62.1 Å². The fourth-order valence-corrected chi connectivity index (χ4v) is 6.94. The maximum atomic E-state index is 13.7. The molecule has 2 atom stereocenters. The van der Waals surface area contributed by atoms with Gasteiger partial charge in [-0.3, -0.25) is 9.69 Å². The number of thiophene rings is 1. The van der Waals surface area contributed by atoms with Gasteiger partial charge in [0.1, 0.15) is 16.2 Å². The third-order valence-electron chi connectivity index (χ3n) is 6.94. The molecule has 2 heterocycles. The average Bonchev–Trinajstić information content (AvgIpc) is 3.26. The van der Waals surface area contributed by atoms with Crippen molar-refractivity contribution in [3.63, 3.8) is 0 Å². The highest BCUT2D eigenvalue weighted by Crippen LogP contribution is 2.40. The van der Waals surface area contributed by atoms with Crippen LogP contribution < -0.4 is 5.56 Å². The van der Waals surface area contributed by atoms with Crippen LogP contribution in [-0.4, -0.2) is 56.9 Å². The smallest absolute Gasteiger partial charge is 0.410 e. The third kappa shape index (κ3) is 7.49. The molecule has 1 aromatic carbocycles. The van der Waals surface area contributed by atoms with Crippen LogP contribution in [0.1, 0.15) is 61.7 Å². The number of hydrogen-bond donors (Lipinski definition) is 4. The molecule has 0 aliphatic carbocycles. The number of aromatic amines is 1. The van der Waals surface area contributed by atoms with Gasteiger partial charge in [-0.2, -0.15) is 0 Å². The summed E-state index contributed by atoms with van der Waals surface area (Å²) < 4.78 is 5.79. The molecule has 3 rings (SSSR count). The van der Waals surface area contributed by atoms with Gasteiger partial charge in [-0.15, -0.1) is 11.3 Å². The number of aromatic nitrogens is 1. The van der Waals surface area contributed by atoms with Crippen molar-refractivity contribution in [2.75, 3.05) is 0 Å². The zero-order valence-corrected chi connectivity index (χ0v) is 25.3. The first kappa shape index (κ1) is 30.4. The number of benzene rings is 1. The molecule has 0 saturated carbocycles. The molecular weight excluding hydrogens is 536 g/mol. The number of nitrogens with zero attached hydrogens (tertiary/aromatic N) is 1. The molecule has 0 radical (unpaired) electrons. The number of H-pyrrole nitrogens is 1. The Hall–Kier alpha value is -3.15. The van der Waals surface area contributed by atoms with Gasteiger partial charge in [-0.1, -0.05) is 26.8 Å². The molecule has 0 saturated heterocycles. The lowest BCUT2D eigenvalue weighted by molar-refractivity contribution is 0.0154. The Morgan fingerprint density at radius 3 is 2.31 bits per heavy atom. The van der Waals surface area contributed by atoms with Gasteiger partial charge >= 0.3 is 12.1 Å². The Bertz CT molecular complexity index is 1420. The predicted octanol–water partition coefficient (Wildman–Crippen LogP) is 5.71. The Balaban J connectivity index is 2.14. The van der Waals surface area contributed by atoms with Gasteiger partial charge in [0.15, 0.2) is 8.32 Å². The number of aromatic carboxylic acids is 1. The van der Waals surface area contributed by atoms with Crippen LogP contribution in [0.2, 0.25) is 17.6 Å². The van der Waals surface area contributed by atoms with Crippen molar-refractivity contribution >= 4 is 42.6 Å². The number of fused-ring (bicyclic) bond motifs is 1. The lowest BCUT2D eigenvalue weighted by Gasteiger charge is -2.41. The van der Waals surface area contributed by atoms with Gasteiger partial charge in [0.2, 0.25) is 5.56 Å². The summed E-state index contributed by atoms with van der Waals surface area (Å²) in [5.41, 5.74) is -0.0617. The van der Waals surface area contributed by atoms with Crippen LogP contribution in [0.3, 0.4) is 0 Å². The monoisotopic (exact) mass is 574 g/mol. The van der Waals surface area contributed by atoms with Gasteiger partial charge < -0.3 is 24.7 Å². The molecule has 1 amide bonds. The van der Waals surface area contributed by atoms with Gasteiger partial charge in [0.05, 0.1) is 12.1 Å². The summed E-state index contributed by atoms with van der Waals surface area (Å²) in [5.74, 6) is -1.11. The topological polar surface area (TPSA) is 140 Å². The molecule has 0 fully saturated rings. The summed E-state index contributed by atoms with van der Waals surface area (Å²) in [4.78, 5) is 53.9. The fraction of sp³-hybridized carbons (Fsp3) is 0.464. The second kappa shape index (κ2) is 11.1. The number of carboxylic acids is 1. The molecule has 9 nitrogen and oxygen atoms in total. The second-order valence-electron chi connectivity index (χ2n) is 12.1. The highest BCUT2D eigenvalue weighted by Gasteiger charge is 2.43. The number of carbonyl (C=O) groups is 2. The zero-order chi connectivity index (χ0) is 29.3. The van der Waals surface area contributed by atoms with Crippen LogP contribution in [0.4, 0.5) is 4.79 Å². The van der Waals surface area contributed by atoms with E-state index in [1.165, 1.54) is 18.2 Å². The summed E-state index contributed by atoms with van der Waals surface area (Å²) in [6, 6.07) is 9.24. The number of rotatable bonds is 8. The fourth-order valence-electron chi connectivity index (χ4n) is 4.20. The number of carboxylic acid groups (broad SMARTS) is 1. The first-order valence-corrected chi connectivity index (χ1v) is 16.2. The maximum absolute atomic E-state index is 13.7. The van der Waals surface area contributed by atoms with E-state index in [0.29, 0.717) is 28.2 Å². The summed E-state index contributed by atoms with van der Waals surface area (Å²) >= 11 is 1.09. The van der Waals surface area contributed by atoms with Crippen LogP contribution in [0.25, 0.3) is 10.9 Å². The molecule has 0 bridgehead atoms. The van der Waals surface area contributed by atoms with E-state index in [1.54, 1.807) is 43.9 Å². The highest BCUT2D eigenvalue weighted by molar-refractivity contribution is 7.13. The number of nitrogens with one attached hydrogen (secondary N) is 1. The molecular formula is C28H38N2O7SSi. The van der Waals surface area contributed by atoms with Crippen LogP contribution in [0.15, 0.2) is 41.2 Å². The molecule has 39 heavy (non-hydrogen) atoms. The Labute approximate surface area is 233 Å². The summed E-state index contributed by atoms with van der Waals surface area (Å²) in [6.07, 6.45) is -0.272. The Kier molecular flexibility index (Phi) is 8.69. The van der Waals surface area contributed by atoms with Gasteiger partial charge in [0.25, 0.3) is 0 Å². The molecule has 4 N–H and O–H groups in total. The van der Waals surface area contributed by atoms with E-state index in [4.69, 9.17) is 4.74 Å². The minimum Gasteiger partial charge on any atom is -0.506 e. The van der Waals surface area contributed by atoms with Crippen molar-refractivity contribution in [1.82, 2.24) is 9.88 Å². The summed E-state index contributed by atoms with van der Waals surface area (Å²) in [6.45, 7) is 13.2. The molecule has 0 spiro atoms. The van der Waals surface area contributed by atoms with Gasteiger partial charge in [-0.25, -0.2) is 9.59 Å². The number of amides is 1. The molecule has 3 aromatic rings. The van der Waals surface area contributed by atoms with E-state index in [1.807, 2.05) is 27.3 Å². The molecule has 2 unspecified atom stereocenters. The number of ether oxygens (including phenoxy) is 1. The first-order valence-electron chi connectivity index (χ1n) is 12.8. The number of aromatic hydroxyl groups is 1. The van der Waals surface area contributed by atoms with E-state index >= 15 is 0 Å². The third-order valence-corrected chi connectivity index (χ3v) is 12.5. The van der Waals surface area contributed by atoms with Crippen LogP contribution in [-0.2, 0) is 17.7 Å². The number of phenolic OH excluding ortho intramolecular Hbond substituents is 1. The van der Waals surface area contributed by atoms with Crippen molar-refractivity contribution in [3.8, 4) is 5.75 Å². The SMILES string of the molecule is CC(C)(C)OC(=O)N(Cc1ccc(C(=O)O)s1)C(Cc1ccc(O)c2[nH]c(=O)ccc12)C[Si](C)(O)C(C)(C)C. The molecule has 11 heteroatoms. The molecule has 212 valence electrons. The molecule has 2 aromatic heterocycles. The number of hydrogen-bond acceptors (Lipinski definition) is 7. The van der Waals surface area contributed by atoms with Gasteiger partial charge in [-0.05, 0) is 74.7 Å². The van der Waals surface area contributed by atoms with E-state index < -0.39 is 37.1 Å². The van der Waals surface area contributed by atoms with Crippen molar-refractivity contribution in [2.24, 2.45) is 0 Å². The lowest BCUT2D eigenvalue weighted by atomic mass is 10.0. The molecule has 0 aliphatic rings. The zero-order valence-electron chi connectivity index (χ0n) is 23.5. The maximum Gasteiger partial charge on any atom is 0.410 e. The van der Waals surface area contributed by atoms with Crippen LogP contribution >= 0.6 is 11.3 Å². The predicted molar refractivity (Wildman–Crippen MR) is 155 cm³/mol. The standard InChI is InChI=1S/C28H38N2O7SSi/c1-27(2,3)37-26(35)30(15-19-9-12-22(38-19)25(33)34)18(16-39(7,36)28(4,5)6)14-17-8-11-21(31)24-20(17)10-13-23(32)29-24/h8-13,18,31,36H,14-16H2,1-7H3,(H,29,32)(H,33,34). The Morgan fingerprint density at radius 1 is 1.08 bits per heavy atom. The largest absolute Gasteiger partial charge is 0.506 e. The molecule has 0 aliphatic heterocycles. The van der Waals surface area contributed by atoms with E-state index in [2.05, 4.69) is 4.98 Å². The summed E-state index contributed by atoms with van der Waals surface area (Å²) in [7, 11) is -2.95. The van der Waals surface area contributed by atoms with E-state index in [0.717, 1.165) is 16.9 Å². The number of carbonyl (C=O) groups excluding carboxylic acids is 1. The quantitative estimate of drug-likeness (QED) is 0.253. The van der Waals surface area contributed by atoms with E-state index in [-0.39, 0.29) is 22.7 Å². The van der Waals surface area contributed by atoms with Crippen molar-refractivity contribution < 1.29 is 29.3 Å². The minimum atomic E-state index is -2.95. The average molecular weight is 575 g/mol. The number of phenols is 1. The van der Waals surface area contributed by atoms with Crippen LogP contribution in [0.5, 0.6) is 5.75 Å². The second-order valence-corrected chi connectivity index (χ2v) is 17.7. The highest BCUT2D eigenvalue weighted by atomic mass is 32.1. The van der Waals surface area contributed by atoms with Crippen molar-refractivity contribution in [2.45, 2.75) is 83.8 Å². The minimum absolute atomic E-state index is 0.0668. The first-order chi connectivity index (χ1) is 17.9. The number of pyridine rings is 1. The van der Waals surface area contributed by atoms with Crippen LogP contribution in [0, 0.1) is 0 Å².